The largest absolute Gasteiger partial charge is 0.482 e. The third-order valence-corrected chi connectivity index (χ3v) is 3.75. The van der Waals surface area contributed by atoms with Crippen molar-refractivity contribution in [3.05, 3.63) is 77.6 Å². The number of hydrogen-bond acceptors (Lipinski definition) is 5. The molecule has 3 rings (SSSR count). The summed E-state index contributed by atoms with van der Waals surface area (Å²) >= 11 is 0. The van der Waals surface area contributed by atoms with Gasteiger partial charge in [-0.05, 0) is 44.5 Å². The maximum Gasteiger partial charge on any atom is 0.344 e. The van der Waals surface area contributed by atoms with Crippen LogP contribution in [0, 0.1) is 0 Å². The Balaban J connectivity index is 1.64. The van der Waals surface area contributed by atoms with Gasteiger partial charge in [-0.1, -0.05) is 42.5 Å². The Hall–Kier alpha value is -3.34. The van der Waals surface area contributed by atoms with Gasteiger partial charge in [-0.25, -0.2) is 4.79 Å². The van der Waals surface area contributed by atoms with Gasteiger partial charge in [-0.3, -0.25) is 4.79 Å². The van der Waals surface area contributed by atoms with E-state index in [0.29, 0.717) is 17.1 Å². The van der Waals surface area contributed by atoms with Gasteiger partial charge >= 0.3 is 5.97 Å². The Morgan fingerprint density at radius 1 is 1.11 bits per heavy atom. The topological polar surface area (TPSA) is 61.8 Å². The van der Waals surface area contributed by atoms with Gasteiger partial charge in [0, 0.05) is 6.07 Å². The molecule has 0 amide bonds. The van der Waals surface area contributed by atoms with E-state index in [4.69, 9.17) is 14.2 Å². The van der Waals surface area contributed by atoms with Gasteiger partial charge in [0.15, 0.2) is 12.4 Å². The summed E-state index contributed by atoms with van der Waals surface area (Å²) in [6.07, 6.45) is 5.30. The van der Waals surface area contributed by atoms with E-state index in [1.54, 1.807) is 51.1 Å². The first-order valence-corrected chi connectivity index (χ1v) is 8.96. The number of ketones is 1. The zero-order chi connectivity index (χ0) is 20.1. The Bertz CT molecular complexity index is 933. The maximum absolute atomic E-state index is 12.4. The van der Waals surface area contributed by atoms with Crippen LogP contribution >= 0.6 is 0 Å². The lowest BCUT2D eigenvalue weighted by atomic mass is 10.1. The lowest BCUT2D eigenvalue weighted by molar-refractivity contribution is -0.157. The summed E-state index contributed by atoms with van der Waals surface area (Å²) in [5, 5.41) is 0. The van der Waals surface area contributed by atoms with Gasteiger partial charge in [-0.2, -0.15) is 0 Å². The molecule has 0 N–H and O–H groups in total. The number of allylic oxidation sites excluding steroid dienone is 3. The van der Waals surface area contributed by atoms with Crippen LogP contribution in [0.4, 0.5) is 0 Å². The fourth-order valence-electron chi connectivity index (χ4n) is 2.60. The molecule has 1 aliphatic heterocycles. The summed E-state index contributed by atoms with van der Waals surface area (Å²) in [7, 11) is 0. The second-order valence-corrected chi connectivity index (χ2v) is 7.26. The number of hydrogen-bond donors (Lipinski definition) is 0. The number of fused-ring (bicyclic) bond motifs is 1. The molecular weight excluding hydrogens is 356 g/mol. The highest BCUT2D eigenvalue weighted by Gasteiger charge is 2.27. The van der Waals surface area contributed by atoms with Crippen LogP contribution in [-0.2, 0) is 9.53 Å². The van der Waals surface area contributed by atoms with Crippen LogP contribution in [0.2, 0.25) is 0 Å². The SMILES string of the molecule is CC(C)(C)OC(=O)COc1ccc2c(c1)O/C(=C\C=C\c1ccccc1)C2=O. The highest BCUT2D eigenvalue weighted by atomic mass is 16.6. The van der Waals surface area contributed by atoms with E-state index in [-0.39, 0.29) is 18.1 Å². The zero-order valence-corrected chi connectivity index (χ0v) is 16.1. The normalized spacial score (nSPS) is 14.8. The maximum atomic E-state index is 12.4. The van der Waals surface area contributed by atoms with Crippen LogP contribution in [0.1, 0.15) is 36.7 Å². The van der Waals surface area contributed by atoms with Gasteiger partial charge in [-0.15, -0.1) is 0 Å². The second-order valence-electron chi connectivity index (χ2n) is 7.26. The van der Waals surface area contributed by atoms with E-state index in [0.717, 1.165) is 5.56 Å². The molecule has 2 aromatic carbocycles. The van der Waals surface area contributed by atoms with Crippen molar-refractivity contribution in [2.45, 2.75) is 26.4 Å². The van der Waals surface area contributed by atoms with Crippen LogP contribution < -0.4 is 9.47 Å². The minimum Gasteiger partial charge on any atom is -0.482 e. The Labute approximate surface area is 164 Å². The third kappa shape index (κ3) is 5.10. The molecule has 0 fully saturated rings. The molecule has 0 radical (unpaired) electrons. The molecule has 28 heavy (non-hydrogen) atoms. The summed E-state index contributed by atoms with van der Waals surface area (Å²) in [6, 6.07) is 14.6. The highest BCUT2D eigenvalue weighted by Crippen LogP contribution is 2.34. The Morgan fingerprint density at radius 2 is 1.86 bits per heavy atom. The number of esters is 1. The lowest BCUT2D eigenvalue weighted by Crippen LogP contribution is -2.27. The van der Waals surface area contributed by atoms with Crippen LogP contribution in [0.15, 0.2) is 66.4 Å². The number of carbonyl (C=O) groups is 2. The first kappa shape index (κ1) is 19.4. The molecule has 5 nitrogen and oxygen atoms in total. The first-order chi connectivity index (χ1) is 13.3. The molecule has 0 unspecified atom stereocenters. The molecule has 5 heteroatoms. The standard InChI is InChI=1S/C23H22O5/c1-23(2,3)28-21(24)15-26-17-12-13-18-20(14-17)27-19(22(18)25)11-7-10-16-8-5-4-6-9-16/h4-14H,15H2,1-3H3/b10-7+,19-11-. The smallest absolute Gasteiger partial charge is 0.344 e. The average Bonchev–Trinajstić information content (AvgIpc) is 2.95. The van der Waals surface area contributed by atoms with Gasteiger partial charge < -0.3 is 14.2 Å². The van der Waals surface area contributed by atoms with Crippen molar-refractivity contribution in [1.82, 2.24) is 0 Å². The number of carbonyl (C=O) groups excluding carboxylic acids is 2. The number of rotatable bonds is 5. The van der Waals surface area contributed by atoms with Crippen molar-refractivity contribution in [1.29, 1.82) is 0 Å². The van der Waals surface area contributed by atoms with Crippen molar-refractivity contribution >= 4 is 17.8 Å². The molecule has 0 aliphatic carbocycles. The van der Waals surface area contributed by atoms with Crippen molar-refractivity contribution in [2.24, 2.45) is 0 Å². The molecule has 2 aromatic rings. The van der Waals surface area contributed by atoms with Gasteiger partial charge in [0.1, 0.15) is 17.1 Å². The second kappa shape index (κ2) is 8.13. The van der Waals surface area contributed by atoms with Crippen molar-refractivity contribution in [3.63, 3.8) is 0 Å². The molecule has 0 aromatic heterocycles. The Morgan fingerprint density at radius 3 is 2.57 bits per heavy atom. The molecule has 0 saturated carbocycles. The van der Waals surface area contributed by atoms with E-state index in [2.05, 4.69) is 0 Å². The van der Waals surface area contributed by atoms with E-state index < -0.39 is 11.6 Å². The van der Waals surface area contributed by atoms with Crippen molar-refractivity contribution in [2.75, 3.05) is 6.61 Å². The van der Waals surface area contributed by atoms with Crippen LogP contribution in [0.5, 0.6) is 11.5 Å². The quantitative estimate of drug-likeness (QED) is 0.563. The fourth-order valence-corrected chi connectivity index (χ4v) is 2.60. The highest BCUT2D eigenvalue weighted by molar-refractivity contribution is 6.12. The van der Waals surface area contributed by atoms with Crippen molar-refractivity contribution in [3.8, 4) is 11.5 Å². The molecule has 1 aliphatic rings. The van der Waals surface area contributed by atoms with E-state index >= 15 is 0 Å². The lowest BCUT2D eigenvalue weighted by Gasteiger charge is -2.19. The summed E-state index contributed by atoms with van der Waals surface area (Å²) in [5.74, 6) is 0.430. The minimum absolute atomic E-state index is 0.189. The van der Waals surface area contributed by atoms with E-state index in [9.17, 15) is 9.59 Å². The zero-order valence-electron chi connectivity index (χ0n) is 16.1. The van der Waals surface area contributed by atoms with E-state index in [1.165, 1.54) is 0 Å². The number of benzene rings is 2. The summed E-state index contributed by atoms with van der Waals surface area (Å²) in [6.45, 7) is 5.16. The Kier molecular flexibility index (Phi) is 5.64. The van der Waals surface area contributed by atoms with Gasteiger partial charge in [0.25, 0.3) is 0 Å². The number of ether oxygens (including phenoxy) is 3. The van der Waals surface area contributed by atoms with Gasteiger partial charge in [0.05, 0.1) is 5.56 Å². The molecule has 0 spiro atoms. The van der Waals surface area contributed by atoms with E-state index in [1.807, 2.05) is 36.4 Å². The summed E-state index contributed by atoms with van der Waals surface area (Å²) in [4.78, 5) is 24.2. The predicted octanol–water partition coefficient (Wildman–Crippen LogP) is 4.58. The predicted molar refractivity (Wildman–Crippen MR) is 106 cm³/mol. The van der Waals surface area contributed by atoms with Crippen molar-refractivity contribution < 1.29 is 23.8 Å². The summed E-state index contributed by atoms with van der Waals surface area (Å²) in [5.41, 5.74) is 0.921. The molecule has 0 saturated heterocycles. The molecule has 144 valence electrons. The number of Topliss-reactive ketones (excluding diaryl/α,β-unsaturated/α-hetero) is 1. The van der Waals surface area contributed by atoms with Gasteiger partial charge in [0.2, 0.25) is 5.78 Å². The monoisotopic (exact) mass is 378 g/mol. The molecular formula is C23H22O5. The minimum atomic E-state index is -0.569. The average molecular weight is 378 g/mol. The fraction of sp³-hybridized carbons (Fsp3) is 0.217. The van der Waals surface area contributed by atoms with Crippen LogP contribution in [0.25, 0.3) is 6.08 Å². The third-order valence-electron chi connectivity index (χ3n) is 3.75. The van der Waals surface area contributed by atoms with Crippen LogP contribution in [-0.4, -0.2) is 24.0 Å². The first-order valence-electron chi connectivity index (χ1n) is 8.96. The molecule has 0 bridgehead atoms. The van der Waals surface area contributed by atoms with Crippen LogP contribution in [0.3, 0.4) is 0 Å². The summed E-state index contributed by atoms with van der Waals surface area (Å²) < 4.78 is 16.3. The molecule has 0 atom stereocenters. The molecule has 1 heterocycles.